The molecule has 0 unspecified atom stereocenters. The van der Waals surface area contributed by atoms with Gasteiger partial charge in [0.1, 0.15) is 6.04 Å². The first-order valence-electron chi connectivity index (χ1n) is 9.02. The van der Waals surface area contributed by atoms with Gasteiger partial charge in [-0.25, -0.2) is 0 Å². The fourth-order valence-corrected chi connectivity index (χ4v) is 3.47. The normalized spacial score (nSPS) is 24.2. The number of benzene rings is 2. The third-order valence-corrected chi connectivity index (χ3v) is 4.91. The van der Waals surface area contributed by atoms with Crippen LogP contribution in [-0.2, 0) is 9.59 Å². The summed E-state index contributed by atoms with van der Waals surface area (Å²) in [5, 5.41) is 5.95. The maximum absolute atomic E-state index is 13.0. The number of hydrogen-bond donors (Lipinski definition) is 3. The van der Waals surface area contributed by atoms with Gasteiger partial charge >= 0.3 is 0 Å². The molecule has 0 aliphatic carbocycles. The molecule has 0 aromatic heterocycles. The van der Waals surface area contributed by atoms with Crippen molar-refractivity contribution in [1.29, 1.82) is 0 Å². The third-order valence-electron chi connectivity index (χ3n) is 4.91. The molecular formula is C21H25N3O2. The van der Waals surface area contributed by atoms with Gasteiger partial charge in [-0.2, -0.15) is 0 Å². The first-order valence-corrected chi connectivity index (χ1v) is 9.02. The first kappa shape index (κ1) is 18.1. The standard InChI is InChI=1S/C21H25N3O2/c1-14(22)20(25)24-19-17(15-8-4-2-5-9-15)12-13-18(23-21(19)26)16-10-6-3-7-11-16/h2-11,14,17-19H,12-13,22H2,1H3,(H,23,26)(H,24,25)/t14-,17+,18-,19-/m0/s1. The van der Waals surface area contributed by atoms with Crippen LogP contribution in [0.4, 0.5) is 0 Å². The molecule has 4 N–H and O–H groups in total. The Morgan fingerprint density at radius 2 is 1.62 bits per heavy atom. The van der Waals surface area contributed by atoms with E-state index in [4.69, 9.17) is 5.73 Å². The maximum Gasteiger partial charge on any atom is 0.243 e. The van der Waals surface area contributed by atoms with E-state index in [1.807, 2.05) is 60.7 Å². The predicted octanol–water partition coefficient (Wildman–Crippen LogP) is 2.25. The van der Waals surface area contributed by atoms with Crippen molar-refractivity contribution in [2.75, 3.05) is 0 Å². The third kappa shape index (κ3) is 4.11. The van der Waals surface area contributed by atoms with Crippen LogP contribution in [-0.4, -0.2) is 23.9 Å². The van der Waals surface area contributed by atoms with E-state index in [1.165, 1.54) is 0 Å². The topological polar surface area (TPSA) is 84.2 Å². The molecule has 1 heterocycles. The van der Waals surface area contributed by atoms with Crippen LogP contribution in [0.25, 0.3) is 0 Å². The van der Waals surface area contributed by atoms with Gasteiger partial charge in [-0.1, -0.05) is 60.7 Å². The second-order valence-corrected chi connectivity index (χ2v) is 6.84. The van der Waals surface area contributed by atoms with Gasteiger partial charge in [-0.05, 0) is 30.9 Å². The molecule has 5 nitrogen and oxygen atoms in total. The molecule has 1 fully saturated rings. The van der Waals surface area contributed by atoms with Crippen LogP contribution in [0.3, 0.4) is 0 Å². The monoisotopic (exact) mass is 351 g/mol. The summed E-state index contributed by atoms with van der Waals surface area (Å²) in [6.45, 7) is 1.62. The highest BCUT2D eigenvalue weighted by molar-refractivity contribution is 5.90. The molecule has 1 saturated heterocycles. The van der Waals surface area contributed by atoms with Gasteiger partial charge in [0.15, 0.2) is 0 Å². The maximum atomic E-state index is 13.0. The number of nitrogens with one attached hydrogen (secondary N) is 2. The lowest BCUT2D eigenvalue weighted by Crippen LogP contribution is -2.52. The van der Waals surface area contributed by atoms with Gasteiger partial charge in [0.2, 0.25) is 11.8 Å². The lowest BCUT2D eigenvalue weighted by Gasteiger charge is -2.25. The van der Waals surface area contributed by atoms with Crippen molar-refractivity contribution in [2.45, 2.75) is 43.8 Å². The zero-order valence-corrected chi connectivity index (χ0v) is 14.9. The van der Waals surface area contributed by atoms with E-state index >= 15 is 0 Å². The van der Waals surface area contributed by atoms with E-state index in [2.05, 4.69) is 10.6 Å². The Morgan fingerprint density at radius 3 is 2.19 bits per heavy atom. The molecule has 2 aromatic rings. The molecule has 1 aliphatic heterocycles. The second kappa shape index (κ2) is 8.15. The number of hydrogen-bond acceptors (Lipinski definition) is 3. The highest BCUT2D eigenvalue weighted by Crippen LogP contribution is 2.32. The molecule has 26 heavy (non-hydrogen) atoms. The van der Waals surface area contributed by atoms with Crippen LogP contribution in [0.1, 0.15) is 42.9 Å². The van der Waals surface area contributed by atoms with Crippen molar-refractivity contribution in [3.63, 3.8) is 0 Å². The minimum atomic E-state index is -0.660. The van der Waals surface area contributed by atoms with Gasteiger partial charge in [0.25, 0.3) is 0 Å². The number of rotatable bonds is 4. The zero-order chi connectivity index (χ0) is 18.5. The lowest BCUT2D eigenvalue weighted by molar-refractivity contribution is -0.130. The molecule has 0 radical (unpaired) electrons. The summed E-state index contributed by atoms with van der Waals surface area (Å²) in [6, 6.07) is 18.4. The van der Waals surface area contributed by atoms with E-state index in [1.54, 1.807) is 6.92 Å². The van der Waals surface area contributed by atoms with Gasteiger partial charge in [-0.3, -0.25) is 9.59 Å². The van der Waals surface area contributed by atoms with E-state index in [0.29, 0.717) is 0 Å². The summed E-state index contributed by atoms with van der Waals surface area (Å²) in [5.74, 6) is -0.573. The number of nitrogens with two attached hydrogens (primary N) is 1. The molecular weight excluding hydrogens is 326 g/mol. The van der Waals surface area contributed by atoms with E-state index in [9.17, 15) is 9.59 Å². The zero-order valence-electron chi connectivity index (χ0n) is 14.9. The molecule has 5 heteroatoms. The van der Waals surface area contributed by atoms with E-state index in [0.717, 1.165) is 24.0 Å². The van der Waals surface area contributed by atoms with Crippen molar-refractivity contribution in [2.24, 2.45) is 5.73 Å². The lowest BCUT2D eigenvalue weighted by atomic mass is 9.86. The van der Waals surface area contributed by atoms with Crippen LogP contribution < -0.4 is 16.4 Å². The quantitative estimate of drug-likeness (QED) is 0.790. The van der Waals surface area contributed by atoms with Gasteiger partial charge in [-0.15, -0.1) is 0 Å². The van der Waals surface area contributed by atoms with Crippen molar-refractivity contribution < 1.29 is 9.59 Å². The summed E-state index contributed by atoms with van der Waals surface area (Å²) >= 11 is 0. The van der Waals surface area contributed by atoms with Crippen LogP contribution >= 0.6 is 0 Å². The molecule has 0 bridgehead atoms. The van der Waals surface area contributed by atoms with Crippen LogP contribution in [0, 0.1) is 0 Å². The van der Waals surface area contributed by atoms with Gasteiger partial charge < -0.3 is 16.4 Å². The molecule has 0 saturated carbocycles. The Balaban J connectivity index is 1.90. The number of amides is 2. The molecule has 1 aliphatic rings. The van der Waals surface area contributed by atoms with Crippen LogP contribution in [0.2, 0.25) is 0 Å². The molecule has 4 atom stereocenters. The van der Waals surface area contributed by atoms with Gasteiger partial charge in [0, 0.05) is 5.92 Å². The smallest absolute Gasteiger partial charge is 0.243 e. The number of carbonyl (C=O) groups is 2. The molecule has 136 valence electrons. The molecule has 0 spiro atoms. The fraction of sp³-hybridized carbons (Fsp3) is 0.333. The van der Waals surface area contributed by atoms with Crippen molar-refractivity contribution in [1.82, 2.24) is 10.6 Å². The van der Waals surface area contributed by atoms with Crippen LogP contribution in [0.5, 0.6) is 0 Å². The van der Waals surface area contributed by atoms with E-state index < -0.39 is 12.1 Å². The minimum Gasteiger partial charge on any atom is -0.347 e. The summed E-state index contributed by atoms with van der Waals surface area (Å²) in [7, 11) is 0. The number of carbonyl (C=O) groups excluding carboxylic acids is 2. The van der Waals surface area contributed by atoms with Gasteiger partial charge in [0.05, 0.1) is 12.1 Å². The fourth-order valence-electron chi connectivity index (χ4n) is 3.47. The van der Waals surface area contributed by atoms with Crippen molar-refractivity contribution in [3.8, 4) is 0 Å². The van der Waals surface area contributed by atoms with E-state index in [-0.39, 0.29) is 23.8 Å². The first-order chi connectivity index (χ1) is 12.6. The highest BCUT2D eigenvalue weighted by atomic mass is 16.2. The average molecular weight is 351 g/mol. The molecule has 3 rings (SSSR count). The SMILES string of the molecule is C[C@H](N)C(=O)N[C@@H]1C(=O)N[C@H](c2ccccc2)CC[C@@H]1c1ccccc1. The summed E-state index contributed by atoms with van der Waals surface area (Å²) in [4.78, 5) is 25.2. The Morgan fingerprint density at radius 1 is 1.04 bits per heavy atom. The Kier molecular flexibility index (Phi) is 5.68. The Hall–Kier alpha value is -2.66. The largest absolute Gasteiger partial charge is 0.347 e. The van der Waals surface area contributed by atoms with Crippen molar-refractivity contribution in [3.05, 3.63) is 71.8 Å². The minimum absolute atomic E-state index is 0.0629. The summed E-state index contributed by atoms with van der Waals surface area (Å²) in [6.07, 6.45) is 1.59. The Labute approximate surface area is 154 Å². The summed E-state index contributed by atoms with van der Waals surface area (Å²) in [5.41, 5.74) is 7.82. The summed E-state index contributed by atoms with van der Waals surface area (Å²) < 4.78 is 0. The van der Waals surface area contributed by atoms with Crippen LogP contribution in [0.15, 0.2) is 60.7 Å². The average Bonchev–Trinajstić information content (AvgIpc) is 2.82. The predicted molar refractivity (Wildman–Crippen MR) is 101 cm³/mol. The second-order valence-electron chi connectivity index (χ2n) is 6.84. The molecule has 2 aromatic carbocycles. The Bertz CT molecular complexity index is 746. The highest BCUT2D eigenvalue weighted by Gasteiger charge is 2.36. The molecule has 2 amide bonds. The van der Waals surface area contributed by atoms with Crippen molar-refractivity contribution >= 4 is 11.8 Å².